The fourth-order valence-electron chi connectivity index (χ4n) is 2.86. The van der Waals surface area contributed by atoms with Crippen LogP contribution in [0.1, 0.15) is 4.88 Å². The summed E-state index contributed by atoms with van der Waals surface area (Å²) < 4.78 is 18.9. The molecule has 2 nitrogen and oxygen atoms in total. The van der Waals surface area contributed by atoms with Gasteiger partial charge in [0, 0.05) is 20.7 Å². The largest absolute Gasteiger partial charge is 0.422 e. The normalized spacial score (nSPS) is 11.1. The molecule has 0 N–H and O–H groups in total. The van der Waals surface area contributed by atoms with Crippen LogP contribution in [0.25, 0.3) is 32.5 Å². The van der Waals surface area contributed by atoms with Gasteiger partial charge >= 0.3 is 5.63 Å². The van der Waals surface area contributed by atoms with Crippen LogP contribution in [-0.2, 0) is 0 Å². The Morgan fingerprint density at radius 1 is 0.917 bits per heavy atom. The zero-order valence-electron chi connectivity index (χ0n) is 12.9. The van der Waals surface area contributed by atoms with Crippen molar-refractivity contribution < 1.29 is 8.81 Å². The molecule has 0 radical (unpaired) electrons. The third-order valence-corrected chi connectivity index (χ3v) is 4.95. The highest BCUT2D eigenvalue weighted by Crippen LogP contribution is 2.38. The third kappa shape index (κ3) is 2.45. The number of thiophene rings is 1. The van der Waals surface area contributed by atoms with Crippen LogP contribution in [0.15, 0.2) is 69.9 Å². The van der Waals surface area contributed by atoms with Crippen molar-refractivity contribution in [1.82, 2.24) is 0 Å². The fraction of sp³-hybridized carbons (Fsp3) is 0.0500. The number of fused-ring (bicyclic) bond motifs is 1. The van der Waals surface area contributed by atoms with Gasteiger partial charge in [-0.3, -0.25) is 0 Å². The summed E-state index contributed by atoms with van der Waals surface area (Å²) in [5.41, 5.74) is 2.25. The smallest absolute Gasteiger partial charge is 0.345 e. The molecule has 4 heteroatoms. The van der Waals surface area contributed by atoms with Gasteiger partial charge in [-0.1, -0.05) is 30.3 Å². The summed E-state index contributed by atoms with van der Waals surface area (Å²) in [6.07, 6.45) is 0. The number of aryl methyl sites for hydroxylation is 1. The second-order valence-corrected chi connectivity index (χ2v) is 6.84. The van der Waals surface area contributed by atoms with Crippen LogP contribution in [0.5, 0.6) is 0 Å². The lowest BCUT2D eigenvalue weighted by Crippen LogP contribution is -2.05. The summed E-state index contributed by atoms with van der Waals surface area (Å²) in [6.45, 7) is 1.99. The molecule has 2 aromatic carbocycles. The molecule has 4 rings (SSSR count). The molecule has 0 aliphatic carbocycles. The van der Waals surface area contributed by atoms with Crippen molar-refractivity contribution in [3.63, 3.8) is 0 Å². The van der Waals surface area contributed by atoms with Gasteiger partial charge < -0.3 is 4.42 Å². The van der Waals surface area contributed by atoms with Crippen LogP contribution in [0, 0.1) is 12.7 Å². The maximum absolute atomic E-state index is 13.3. The van der Waals surface area contributed by atoms with E-state index in [4.69, 9.17) is 4.42 Å². The number of rotatable bonds is 2. The number of benzene rings is 2. The van der Waals surface area contributed by atoms with Crippen LogP contribution < -0.4 is 5.63 Å². The Morgan fingerprint density at radius 3 is 2.38 bits per heavy atom. The first-order valence-corrected chi connectivity index (χ1v) is 8.34. The van der Waals surface area contributed by atoms with E-state index in [0.29, 0.717) is 11.1 Å². The monoisotopic (exact) mass is 336 g/mol. The van der Waals surface area contributed by atoms with E-state index in [-0.39, 0.29) is 11.4 Å². The van der Waals surface area contributed by atoms with Crippen molar-refractivity contribution in [3.05, 3.63) is 81.8 Å². The molecule has 2 aromatic heterocycles. The van der Waals surface area contributed by atoms with Crippen molar-refractivity contribution in [2.24, 2.45) is 0 Å². The number of para-hydroxylation sites is 1. The first kappa shape index (κ1) is 14.8. The SMILES string of the molecule is Cc1ccc(-c2c(-c3ccc(F)cc3)c3ccccc3oc2=O)s1. The summed E-state index contributed by atoms with van der Waals surface area (Å²) in [7, 11) is 0. The van der Waals surface area contributed by atoms with Crippen molar-refractivity contribution in [2.45, 2.75) is 6.92 Å². The minimum absolute atomic E-state index is 0.306. The Kier molecular flexibility index (Phi) is 3.54. The molecule has 0 bridgehead atoms. The van der Waals surface area contributed by atoms with Gasteiger partial charge in [0.15, 0.2) is 0 Å². The van der Waals surface area contributed by atoms with E-state index in [9.17, 15) is 9.18 Å². The number of hydrogen-bond donors (Lipinski definition) is 0. The van der Waals surface area contributed by atoms with Gasteiger partial charge in [0.25, 0.3) is 0 Å². The second kappa shape index (κ2) is 5.73. The zero-order valence-corrected chi connectivity index (χ0v) is 13.7. The summed E-state index contributed by atoms with van der Waals surface area (Å²) in [5, 5.41) is 0.838. The molecule has 0 saturated carbocycles. The third-order valence-electron chi connectivity index (χ3n) is 3.93. The number of hydrogen-bond acceptors (Lipinski definition) is 3. The van der Waals surface area contributed by atoms with Crippen LogP contribution >= 0.6 is 11.3 Å². The predicted octanol–water partition coefficient (Wildman–Crippen LogP) is 5.64. The van der Waals surface area contributed by atoms with Gasteiger partial charge in [0.2, 0.25) is 0 Å². The molecule has 0 atom stereocenters. The van der Waals surface area contributed by atoms with Gasteiger partial charge in [0.1, 0.15) is 11.4 Å². The maximum atomic E-state index is 13.3. The van der Waals surface area contributed by atoms with E-state index >= 15 is 0 Å². The second-order valence-electron chi connectivity index (χ2n) is 5.55. The fourth-order valence-corrected chi connectivity index (χ4v) is 3.77. The first-order valence-electron chi connectivity index (χ1n) is 7.52. The Balaban J connectivity index is 2.14. The Bertz CT molecular complexity index is 1090. The molecule has 24 heavy (non-hydrogen) atoms. The quantitative estimate of drug-likeness (QED) is 0.444. The van der Waals surface area contributed by atoms with E-state index < -0.39 is 0 Å². The summed E-state index contributed by atoms with van der Waals surface area (Å²) in [5.74, 6) is -0.306. The van der Waals surface area contributed by atoms with E-state index in [1.807, 2.05) is 37.3 Å². The van der Waals surface area contributed by atoms with E-state index in [1.165, 1.54) is 12.1 Å². The standard InChI is InChI=1S/C20H13FO2S/c1-12-6-11-17(24-12)19-18(13-7-9-14(21)10-8-13)15-4-2-3-5-16(15)23-20(19)22/h2-11H,1H3. The van der Waals surface area contributed by atoms with Crippen molar-refractivity contribution in [2.75, 3.05) is 0 Å². The zero-order chi connectivity index (χ0) is 16.7. The molecule has 0 fully saturated rings. The molecule has 0 unspecified atom stereocenters. The molecule has 2 heterocycles. The van der Waals surface area contributed by atoms with Gasteiger partial charge in [-0.15, -0.1) is 11.3 Å². The van der Waals surface area contributed by atoms with Gasteiger partial charge in [0.05, 0.1) is 5.56 Å². The average Bonchev–Trinajstić information content (AvgIpc) is 3.00. The molecule has 0 amide bonds. The minimum Gasteiger partial charge on any atom is -0.422 e. The Labute approximate surface area is 141 Å². The lowest BCUT2D eigenvalue weighted by molar-refractivity contribution is 0.564. The molecule has 118 valence electrons. The highest BCUT2D eigenvalue weighted by molar-refractivity contribution is 7.15. The molecule has 0 aliphatic rings. The van der Waals surface area contributed by atoms with Crippen molar-refractivity contribution in [1.29, 1.82) is 0 Å². The Hall–Kier alpha value is -2.72. The lowest BCUT2D eigenvalue weighted by atomic mass is 9.96. The molecule has 0 spiro atoms. The first-order chi connectivity index (χ1) is 11.6. The van der Waals surface area contributed by atoms with Crippen LogP contribution in [0.4, 0.5) is 4.39 Å². The van der Waals surface area contributed by atoms with Crippen LogP contribution in [-0.4, -0.2) is 0 Å². The van der Waals surface area contributed by atoms with Gasteiger partial charge in [-0.25, -0.2) is 9.18 Å². The Morgan fingerprint density at radius 2 is 1.67 bits per heavy atom. The van der Waals surface area contributed by atoms with E-state index in [1.54, 1.807) is 29.5 Å². The van der Waals surface area contributed by atoms with Gasteiger partial charge in [-0.05, 0) is 42.8 Å². The van der Waals surface area contributed by atoms with Crippen molar-refractivity contribution in [3.8, 4) is 21.6 Å². The molecular formula is C20H13FO2S. The van der Waals surface area contributed by atoms with E-state index in [2.05, 4.69) is 0 Å². The van der Waals surface area contributed by atoms with Crippen LogP contribution in [0.2, 0.25) is 0 Å². The summed E-state index contributed by atoms with van der Waals surface area (Å²) in [4.78, 5) is 14.6. The lowest BCUT2D eigenvalue weighted by Gasteiger charge is -2.11. The average molecular weight is 336 g/mol. The highest BCUT2D eigenvalue weighted by atomic mass is 32.1. The molecule has 4 aromatic rings. The minimum atomic E-state index is -0.380. The highest BCUT2D eigenvalue weighted by Gasteiger charge is 2.19. The van der Waals surface area contributed by atoms with E-state index in [0.717, 1.165) is 26.3 Å². The molecule has 0 saturated heterocycles. The van der Waals surface area contributed by atoms with Gasteiger partial charge in [-0.2, -0.15) is 0 Å². The molecular weight excluding hydrogens is 323 g/mol. The summed E-state index contributed by atoms with van der Waals surface area (Å²) >= 11 is 1.54. The maximum Gasteiger partial charge on any atom is 0.345 e. The van der Waals surface area contributed by atoms with Crippen LogP contribution in [0.3, 0.4) is 0 Å². The summed E-state index contributed by atoms with van der Waals surface area (Å²) in [6, 6.07) is 17.5. The number of halogens is 1. The topological polar surface area (TPSA) is 30.2 Å². The molecule has 0 aliphatic heterocycles. The predicted molar refractivity (Wildman–Crippen MR) is 95.9 cm³/mol. The van der Waals surface area contributed by atoms with Crippen molar-refractivity contribution >= 4 is 22.3 Å².